The molecule has 1 aromatic carbocycles. The first-order valence-corrected chi connectivity index (χ1v) is 6.73. The van der Waals surface area contributed by atoms with Gasteiger partial charge in [-0.1, -0.05) is 52.9 Å². The summed E-state index contributed by atoms with van der Waals surface area (Å²) in [5.41, 5.74) is 1.45. The number of hydrogen-bond donors (Lipinski definition) is 0. The van der Waals surface area contributed by atoms with Crippen LogP contribution in [0.4, 0.5) is 0 Å². The predicted molar refractivity (Wildman–Crippen MR) is 68.7 cm³/mol. The Labute approximate surface area is 99.6 Å². The van der Waals surface area contributed by atoms with E-state index < -0.39 is 0 Å². The Hall–Kier alpha value is -0.0900. The van der Waals surface area contributed by atoms with E-state index in [1.807, 2.05) is 0 Å². The molecular formula is C12H16IN. The fourth-order valence-corrected chi connectivity index (χ4v) is 2.74. The molecule has 1 aromatic rings. The van der Waals surface area contributed by atoms with Gasteiger partial charge in [-0.15, -0.1) is 0 Å². The molecule has 1 saturated heterocycles. The Bertz CT molecular complexity index is 273. The zero-order valence-electron chi connectivity index (χ0n) is 8.32. The van der Waals surface area contributed by atoms with E-state index in [4.69, 9.17) is 0 Å². The van der Waals surface area contributed by atoms with E-state index in [0.29, 0.717) is 0 Å². The monoisotopic (exact) mass is 301 g/mol. The highest BCUT2D eigenvalue weighted by Gasteiger charge is 2.20. The lowest BCUT2D eigenvalue weighted by Gasteiger charge is -2.15. The Kier molecular flexibility index (Phi) is 3.81. The Balaban J connectivity index is 1.88. The maximum Gasteiger partial charge on any atom is 0.0233 e. The second kappa shape index (κ2) is 5.12. The van der Waals surface area contributed by atoms with Crippen LogP contribution in [-0.2, 0) is 6.54 Å². The highest BCUT2D eigenvalue weighted by atomic mass is 127. The molecule has 76 valence electrons. The minimum absolute atomic E-state index is 0.930. The first kappa shape index (κ1) is 10.4. The van der Waals surface area contributed by atoms with Crippen molar-refractivity contribution in [1.29, 1.82) is 0 Å². The van der Waals surface area contributed by atoms with Crippen molar-refractivity contribution in [3.05, 3.63) is 35.9 Å². The van der Waals surface area contributed by atoms with Gasteiger partial charge in [-0.2, -0.15) is 0 Å². The molecular weight excluding hydrogens is 285 g/mol. The highest BCUT2D eigenvalue weighted by molar-refractivity contribution is 14.1. The standard InChI is InChI=1S/C12H16IN/c13-8-12-6-7-14(10-12)9-11-4-2-1-3-5-11/h1-5,12H,6-10H2/t12-/m1/s1. The molecule has 1 aliphatic heterocycles. The third kappa shape index (κ3) is 2.70. The summed E-state index contributed by atoms with van der Waals surface area (Å²) in [6.07, 6.45) is 1.38. The molecule has 0 amide bonds. The van der Waals surface area contributed by atoms with E-state index in [0.717, 1.165) is 12.5 Å². The molecule has 0 spiro atoms. The molecule has 0 aromatic heterocycles. The van der Waals surface area contributed by atoms with Gasteiger partial charge in [0.1, 0.15) is 0 Å². The molecule has 1 nitrogen and oxygen atoms in total. The number of hydrogen-bond acceptors (Lipinski definition) is 1. The summed E-state index contributed by atoms with van der Waals surface area (Å²) in [7, 11) is 0. The summed E-state index contributed by atoms with van der Waals surface area (Å²) in [5.74, 6) is 0.930. The largest absolute Gasteiger partial charge is 0.299 e. The fourth-order valence-electron chi connectivity index (χ4n) is 2.02. The molecule has 2 rings (SSSR count). The first-order chi connectivity index (χ1) is 6.88. The normalized spacial score (nSPS) is 22.8. The molecule has 1 fully saturated rings. The molecule has 1 aliphatic rings. The third-order valence-corrected chi connectivity index (χ3v) is 4.08. The predicted octanol–water partition coefficient (Wildman–Crippen LogP) is 2.94. The van der Waals surface area contributed by atoms with E-state index in [2.05, 4.69) is 57.8 Å². The van der Waals surface area contributed by atoms with Crippen LogP contribution in [0.15, 0.2) is 30.3 Å². The van der Waals surface area contributed by atoms with Crippen LogP contribution in [-0.4, -0.2) is 22.4 Å². The van der Waals surface area contributed by atoms with Crippen molar-refractivity contribution >= 4 is 22.6 Å². The molecule has 0 unspecified atom stereocenters. The van der Waals surface area contributed by atoms with Crippen molar-refractivity contribution in [1.82, 2.24) is 4.90 Å². The van der Waals surface area contributed by atoms with E-state index >= 15 is 0 Å². The fraction of sp³-hybridized carbons (Fsp3) is 0.500. The van der Waals surface area contributed by atoms with Crippen molar-refractivity contribution in [3.63, 3.8) is 0 Å². The van der Waals surface area contributed by atoms with Crippen LogP contribution >= 0.6 is 22.6 Å². The number of nitrogens with zero attached hydrogens (tertiary/aromatic N) is 1. The second-order valence-electron chi connectivity index (χ2n) is 4.03. The molecule has 1 atom stereocenters. The van der Waals surface area contributed by atoms with Crippen LogP contribution in [0.5, 0.6) is 0 Å². The summed E-state index contributed by atoms with van der Waals surface area (Å²) in [6, 6.07) is 10.8. The Morgan fingerprint density at radius 3 is 2.71 bits per heavy atom. The zero-order valence-corrected chi connectivity index (χ0v) is 10.5. The molecule has 0 bridgehead atoms. The average molecular weight is 301 g/mol. The summed E-state index contributed by atoms with van der Waals surface area (Å²) < 4.78 is 1.31. The number of benzene rings is 1. The SMILES string of the molecule is IC[C@H]1CCN(Cc2ccccc2)C1. The van der Waals surface area contributed by atoms with E-state index in [1.165, 1.54) is 29.5 Å². The lowest BCUT2D eigenvalue weighted by atomic mass is 10.2. The number of likely N-dealkylation sites (tertiary alicyclic amines) is 1. The van der Waals surface area contributed by atoms with E-state index in [1.54, 1.807) is 0 Å². The maximum absolute atomic E-state index is 2.57. The Morgan fingerprint density at radius 2 is 2.07 bits per heavy atom. The topological polar surface area (TPSA) is 3.24 Å². The third-order valence-electron chi connectivity index (χ3n) is 2.84. The van der Waals surface area contributed by atoms with Crippen LogP contribution in [0.1, 0.15) is 12.0 Å². The van der Waals surface area contributed by atoms with Crippen molar-refractivity contribution in [2.24, 2.45) is 5.92 Å². The van der Waals surface area contributed by atoms with Gasteiger partial charge in [0.15, 0.2) is 0 Å². The van der Waals surface area contributed by atoms with Gasteiger partial charge >= 0.3 is 0 Å². The molecule has 0 saturated carbocycles. The van der Waals surface area contributed by atoms with Gasteiger partial charge in [0.05, 0.1) is 0 Å². The van der Waals surface area contributed by atoms with Crippen LogP contribution in [0.3, 0.4) is 0 Å². The molecule has 1 heterocycles. The smallest absolute Gasteiger partial charge is 0.0233 e. The van der Waals surface area contributed by atoms with Gasteiger partial charge in [0, 0.05) is 17.5 Å². The minimum Gasteiger partial charge on any atom is -0.299 e. The van der Waals surface area contributed by atoms with Crippen LogP contribution in [0.25, 0.3) is 0 Å². The zero-order chi connectivity index (χ0) is 9.80. The molecule has 2 heteroatoms. The first-order valence-electron chi connectivity index (χ1n) is 5.20. The number of halogens is 1. The Morgan fingerprint density at radius 1 is 1.29 bits per heavy atom. The highest BCUT2D eigenvalue weighted by Crippen LogP contribution is 2.20. The van der Waals surface area contributed by atoms with Gasteiger partial charge < -0.3 is 0 Å². The summed E-state index contributed by atoms with van der Waals surface area (Å²) in [5, 5.41) is 0. The lowest BCUT2D eigenvalue weighted by molar-refractivity contribution is 0.321. The molecule has 0 radical (unpaired) electrons. The van der Waals surface area contributed by atoms with Crippen molar-refractivity contribution in [2.75, 3.05) is 17.5 Å². The summed E-state index contributed by atoms with van der Waals surface area (Å²) in [6.45, 7) is 3.70. The summed E-state index contributed by atoms with van der Waals surface area (Å²) >= 11 is 2.50. The average Bonchev–Trinajstić information content (AvgIpc) is 2.67. The molecule has 14 heavy (non-hydrogen) atoms. The van der Waals surface area contributed by atoms with E-state index in [-0.39, 0.29) is 0 Å². The summed E-state index contributed by atoms with van der Waals surface area (Å²) in [4.78, 5) is 2.57. The van der Waals surface area contributed by atoms with Crippen LogP contribution in [0, 0.1) is 5.92 Å². The van der Waals surface area contributed by atoms with Gasteiger partial charge in [-0.3, -0.25) is 4.90 Å². The van der Waals surface area contributed by atoms with Crippen LogP contribution < -0.4 is 0 Å². The number of alkyl halides is 1. The lowest BCUT2D eigenvalue weighted by Crippen LogP contribution is -2.20. The van der Waals surface area contributed by atoms with Gasteiger partial charge in [-0.05, 0) is 24.4 Å². The minimum atomic E-state index is 0.930. The van der Waals surface area contributed by atoms with Crippen molar-refractivity contribution < 1.29 is 0 Å². The second-order valence-corrected chi connectivity index (χ2v) is 4.91. The maximum atomic E-state index is 2.57. The van der Waals surface area contributed by atoms with Crippen molar-refractivity contribution in [3.8, 4) is 0 Å². The molecule has 0 N–H and O–H groups in total. The van der Waals surface area contributed by atoms with Gasteiger partial charge in [0.25, 0.3) is 0 Å². The van der Waals surface area contributed by atoms with Gasteiger partial charge in [0.2, 0.25) is 0 Å². The number of rotatable bonds is 3. The van der Waals surface area contributed by atoms with Crippen LogP contribution in [0.2, 0.25) is 0 Å². The van der Waals surface area contributed by atoms with Gasteiger partial charge in [-0.25, -0.2) is 0 Å². The van der Waals surface area contributed by atoms with E-state index in [9.17, 15) is 0 Å². The molecule has 0 aliphatic carbocycles. The van der Waals surface area contributed by atoms with Crippen molar-refractivity contribution in [2.45, 2.75) is 13.0 Å². The quantitative estimate of drug-likeness (QED) is 0.613.